The third-order valence-corrected chi connectivity index (χ3v) is 3.08. The molecule has 96 valence electrons. The van der Waals surface area contributed by atoms with Gasteiger partial charge < -0.3 is 10.1 Å². The molecule has 0 aliphatic rings. The topological polar surface area (TPSA) is 62.8 Å². The number of halogens is 1. The summed E-state index contributed by atoms with van der Waals surface area (Å²) in [5.41, 5.74) is 0.938. The standard InChI is InChI=1S/C12H15ClN4O/c1-8(12-15-7-16-17-12)14-6-9-10(13)4-3-5-11(9)18-2/h3-5,7-8,14H,6H2,1-2H3,(H,15,16,17). The quantitative estimate of drug-likeness (QED) is 0.872. The lowest BCUT2D eigenvalue weighted by Gasteiger charge is -2.14. The van der Waals surface area contributed by atoms with E-state index < -0.39 is 0 Å². The van der Waals surface area contributed by atoms with Crippen molar-refractivity contribution in [1.82, 2.24) is 20.5 Å². The van der Waals surface area contributed by atoms with Crippen molar-refractivity contribution in [3.63, 3.8) is 0 Å². The minimum Gasteiger partial charge on any atom is -0.496 e. The van der Waals surface area contributed by atoms with Gasteiger partial charge in [-0.1, -0.05) is 17.7 Å². The van der Waals surface area contributed by atoms with Crippen LogP contribution < -0.4 is 10.1 Å². The number of hydrogen-bond donors (Lipinski definition) is 2. The molecule has 0 aliphatic carbocycles. The minimum atomic E-state index is 0.0634. The lowest BCUT2D eigenvalue weighted by Crippen LogP contribution is -2.19. The largest absolute Gasteiger partial charge is 0.496 e. The van der Waals surface area contributed by atoms with Crippen LogP contribution in [0.5, 0.6) is 5.75 Å². The molecule has 0 saturated carbocycles. The first-order valence-corrected chi connectivity index (χ1v) is 6.00. The van der Waals surface area contributed by atoms with E-state index in [9.17, 15) is 0 Å². The molecule has 0 radical (unpaired) electrons. The van der Waals surface area contributed by atoms with E-state index in [0.717, 1.165) is 17.1 Å². The zero-order valence-electron chi connectivity index (χ0n) is 10.3. The molecule has 18 heavy (non-hydrogen) atoms. The van der Waals surface area contributed by atoms with E-state index in [4.69, 9.17) is 16.3 Å². The van der Waals surface area contributed by atoms with Crippen LogP contribution in [-0.2, 0) is 6.54 Å². The Morgan fingerprint density at radius 2 is 2.33 bits per heavy atom. The van der Waals surface area contributed by atoms with Gasteiger partial charge in [-0.15, -0.1) is 0 Å². The van der Waals surface area contributed by atoms with Gasteiger partial charge in [-0.25, -0.2) is 4.98 Å². The van der Waals surface area contributed by atoms with E-state index in [1.807, 2.05) is 25.1 Å². The van der Waals surface area contributed by atoms with E-state index in [-0.39, 0.29) is 6.04 Å². The van der Waals surface area contributed by atoms with E-state index in [1.54, 1.807) is 7.11 Å². The van der Waals surface area contributed by atoms with Crippen LogP contribution in [0.2, 0.25) is 5.02 Å². The van der Waals surface area contributed by atoms with Crippen molar-refractivity contribution in [1.29, 1.82) is 0 Å². The van der Waals surface area contributed by atoms with Crippen LogP contribution in [0.4, 0.5) is 0 Å². The number of H-pyrrole nitrogens is 1. The molecule has 0 amide bonds. The number of rotatable bonds is 5. The van der Waals surface area contributed by atoms with Crippen molar-refractivity contribution in [2.75, 3.05) is 7.11 Å². The van der Waals surface area contributed by atoms with Gasteiger partial charge in [0.2, 0.25) is 0 Å². The molecule has 0 fully saturated rings. The van der Waals surface area contributed by atoms with Gasteiger partial charge in [-0.05, 0) is 19.1 Å². The van der Waals surface area contributed by atoms with Gasteiger partial charge in [0, 0.05) is 17.1 Å². The SMILES string of the molecule is COc1cccc(Cl)c1CNC(C)c1ncn[nH]1. The van der Waals surface area contributed by atoms with E-state index in [0.29, 0.717) is 11.6 Å². The molecule has 2 aromatic rings. The highest BCUT2D eigenvalue weighted by atomic mass is 35.5. The maximum atomic E-state index is 6.16. The van der Waals surface area contributed by atoms with Gasteiger partial charge in [0.05, 0.1) is 13.2 Å². The van der Waals surface area contributed by atoms with Gasteiger partial charge in [0.1, 0.15) is 17.9 Å². The van der Waals surface area contributed by atoms with E-state index in [1.165, 1.54) is 6.33 Å². The Hall–Kier alpha value is -1.59. The van der Waals surface area contributed by atoms with Gasteiger partial charge in [-0.3, -0.25) is 5.10 Å². The average molecular weight is 267 g/mol. The van der Waals surface area contributed by atoms with E-state index >= 15 is 0 Å². The average Bonchev–Trinajstić information content (AvgIpc) is 2.90. The third-order valence-electron chi connectivity index (χ3n) is 2.72. The summed E-state index contributed by atoms with van der Waals surface area (Å²) in [6.07, 6.45) is 1.49. The van der Waals surface area contributed by atoms with Gasteiger partial charge in [-0.2, -0.15) is 5.10 Å². The zero-order chi connectivity index (χ0) is 13.0. The highest BCUT2D eigenvalue weighted by Gasteiger charge is 2.11. The summed E-state index contributed by atoms with van der Waals surface area (Å²) in [6, 6.07) is 5.67. The summed E-state index contributed by atoms with van der Waals surface area (Å²) in [7, 11) is 1.63. The summed E-state index contributed by atoms with van der Waals surface area (Å²) in [6.45, 7) is 2.61. The number of aromatic amines is 1. The van der Waals surface area contributed by atoms with Crippen LogP contribution >= 0.6 is 11.6 Å². The Labute approximate surface area is 111 Å². The molecule has 0 saturated heterocycles. The number of hydrogen-bond acceptors (Lipinski definition) is 4. The lowest BCUT2D eigenvalue weighted by molar-refractivity contribution is 0.405. The Morgan fingerprint density at radius 1 is 1.50 bits per heavy atom. The molecule has 0 aliphatic heterocycles. The second-order valence-electron chi connectivity index (χ2n) is 3.89. The fourth-order valence-electron chi connectivity index (χ4n) is 1.68. The summed E-state index contributed by atoms with van der Waals surface area (Å²) < 4.78 is 5.29. The summed E-state index contributed by atoms with van der Waals surface area (Å²) in [5, 5.41) is 10.7. The number of ether oxygens (including phenoxy) is 1. The van der Waals surface area contributed by atoms with Crippen molar-refractivity contribution in [3.05, 3.63) is 40.9 Å². The number of benzene rings is 1. The smallest absolute Gasteiger partial charge is 0.141 e. The molecule has 0 spiro atoms. The molecule has 1 unspecified atom stereocenters. The highest BCUT2D eigenvalue weighted by Crippen LogP contribution is 2.26. The number of nitrogens with one attached hydrogen (secondary N) is 2. The lowest BCUT2D eigenvalue weighted by atomic mass is 10.2. The monoisotopic (exact) mass is 266 g/mol. The molecule has 1 atom stereocenters. The van der Waals surface area contributed by atoms with Crippen LogP contribution in [0.1, 0.15) is 24.4 Å². The molecule has 2 N–H and O–H groups in total. The van der Waals surface area contributed by atoms with Crippen molar-refractivity contribution < 1.29 is 4.74 Å². The van der Waals surface area contributed by atoms with Crippen LogP contribution in [0, 0.1) is 0 Å². The van der Waals surface area contributed by atoms with Crippen molar-refractivity contribution in [3.8, 4) is 5.75 Å². The molecule has 1 aromatic heterocycles. The predicted octanol–water partition coefficient (Wildman–Crippen LogP) is 2.32. The number of nitrogens with zero attached hydrogens (tertiary/aromatic N) is 2. The van der Waals surface area contributed by atoms with Crippen molar-refractivity contribution in [2.24, 2.45) is 0 Å². The molecule has 2 rings (SSSR count). The van der Waals surface area contributed by atoms with Crippen molar-refractivity contribution >= 4 is 11.6 Å². The van der Waals surface area contributed by atoms with Gasteiger partial charge in [0.25, 0.3) is 0 Å². The second-order valence-corrected chi connectivity index (χ2v) is 4.30. The number of methoxy groups -OCH3 is 1. The Kier molecular flexibility index (Phi) is 4.17. The fourth-order valence-corrected chi connectivity index (χ4v) is 1.91. The van der Waals surface area contributed by atoms with Crippen LogP contribution in [0.3, 0.4) is 0 Å². The third kappa shape index (κ3) is 2.80. The normalized spacial score (nSPS) is 12.4. The van der Waals surface area contributed by atoms with Gasteiger partial charge >= 0.3 is 0 Å². The highest BCUT2D eigenvalue weighted by molar-refractivity contribution is 6.31. The van der Waals surface area contributed by atoms with Crippen LogP contribution in [-0.4, -0.2) is 22.3 Å². The fraction of sp³-hybridized carbons (Fsp3) is 0.333. The second kappa shape index (κ2) is 5.84. The molecular weight excluding hydrogens is 252 g/mol. The van der Waals surface area contributed by atoms with E-state index in [2.05, 4.69) is 20.5 Å². The first-order valence-electron chi connectivity index (χ1n) is 5.62. The Bertz CT molecular complexity index is 501. The molecule has 1 aromatic carbocycles. The van der Waals surface area contributed by atoms with Crippen LogP contribution in [0.15, 0.2) is 24.5 Å². The van der Waals surface area contributed by atoms with Crippen molar-refractivity contribution in [2.45, 2.75) is 19.5 Å². The maximum Gasteiger partial charge on any atom is 0.141 e. The molecule has 1 heterocycles. The predicted molar refractivity (Wildman–Crippen MR) is 69.6 cm³/mol. The summed E-state index contributed by atoms with van der Waals surface area (Å²) in [4.78, 5) is 4.10. The number of aromatic nitrogens is 3. The Morgan fingerprint density at radius 3 is 3.00 bits per heavy atom. The zero-order valence-corrected chi connectivity index (χ0v) is 11.0. The minimum absolute atomic E-state index is 0.0634. The molecule has 6 heteroatoms. The summed E-state index contributed by atoms with van der Waals surface area (Å²) in [5.74, 6) is 1.57. The first kappa shape index (κ1) is 12.9. The summed E-state index contributed by atoms with van der Waals surface area (Å²) >= 11 is 6.16. The molecular formula is C12H15ClN4O. The maximum absolute atomic E-state index is 6.16. The van der Waals surface area contributed by atoms with Crippen LogP contribution in [0.25, 0.3) is 0 Å². The Balaban J connectivity index is 2.06. The first-order chi connectivity index (χ1) is 8.72. The molecule has 5 nitrogen and oxygen atoms in total. The van der Waals surface area contributed by atoms with Gasteiger partial charge in [0.15, 0.2) is 0 Å². The molecule has 0 bridgehead atoms.